The fourth-order valence-corrected chi connectivity index (χ4v) is 9.02. The van der Waals surface area contributed by atoms with Crippen LogP contribution in [0.1, 0.15) is 92.7 Å². The number of nitrogens with one attached hydrogen (secondary N) is 2. The first kappa shape index (κ1) is 33.5. The number of imidazole rings is 2. The molecule has 4 aromatic rings. The maximum Gasteiger partial charge on any atom is 0.411 e. The third-order valence-electron chi connectivity index (χ3n) is 9.91. The van der Waals surface area contributed by atoms with Crippen LogP contribution < -0.4 is 0 Å². The number of carbonyl (C=O) groups excluding carboxylic acids is 2. The zero-order valence-corrected chi connectivity index (χ0v) is 30.7. The van der Waals surface area contributed by atoms with Crippen molar-refractivity contribution < 1.29 is 19.1 Å². The van der Waals surface area contributed by atoms with Gasteiger partial charge in [0.25, 0.3) is 0 Å². The van der Waals surface area contributed by atoms with Gasteiger partial charge in [-0.25, -0.2) is 19.6 Å². The summed E-state index contributed by atoms with van der Waals surface area (Å²) in [4.78, 5) is 47.0. The Morgan fingerprint density at radius 1 is 0.857 bits per heavy atom. The normalized spacial score (nSPS) is 24.0. The molecule has 3 aliphatic heterocycles. The number of nitrogens with zero attached hydrogens (tertiary/aromatic N) is 4. The molecule has 3 aliphatic rings. The molecule has 2 amide bonds. The standard InChI is InChI=1S/C38H48N6O4S/c1-23(2)37(17-9-20-44(37)34(46)48-36(6,7)8)30-39-22-29(42-30)25-13-11-24(12-14-25)26-15-16-27-28(21-26)41-31(40-27)38-18-10-19-43(32(38)49-38)33(45)47-35(3,4)5/h11-16,21-23,32H,9-10,17-20H2,1-8H3,(H,39,42)(H,40,41). The predicted octanol–water partition coefficient (Wildman–Crippen LogP) is 8.80. The van der Waals surface area contributed by atoms with Gasteiger partial charge in [0.1, 0.15) is 38.5 Å². The Kier molecular flexibility index (Phi) is 8.08. The van der Waals surface area contributed by atoms with Crippen molar-refractivity contribution in [1.82, 2.24) is 29.7 Å². The van der Waals surface area contributed by atoms with Crippen molar-refractivity contribution in [3.05, 3.63) is 60.3 Å². The van der Waals surface area contributed by atoms with E-state index >= 15 is 0 Å². The van der Waals surface area contributed by atoms with E-state index in [0.717, 1.165) is 70.7 Å². The maximum absolute atomic E-state index is 13.3. The average Bonchev–Trinajstić information content (AvgIpc) is 3.39. The lowest BCUT2D eigenvalue weighted by atomic mass is 9.83. The van der Waals surface area contributed by atoms with E-state index in [0.29, 0.717) is 13.1 Å². The molecule has 0 aliphatic carbocycles. The molecule has 3 fully saturated rings. The molecular weight excluding hydrogens is 637 g/mol. The highest BCUT2D eigenvalue weighted by atomic mass is 32.2. The van der Waals surface area contributed by atoms with Crippen LogP contribution in [0.25, 0.3) is 33.4 Å². The van der Waals surface area contributed by atoms with Crippen LogP contribution >= 0.6 is 11.8 Å². The van der Waals surface area contributed by atoms with Gasteiger partial charge in [-0.2, -0.15) is 0 Å². The van der Waals surface area contributed by atoms with E-state index in [1.165, 1.54) is 0 Å². The minimum absolute atomic E-state index is 0.0381. The third-order valence-corrected chi connectivity index (χ3v) is 11.6. The van der Waals surface area contributed by atoms with E-state index in [4.69, 9.17) is 19.4 Å². The molecule has 5 heterocycles. The first-order valence-corrected chi connectivity index (χ1v) is 18.3. The second kappa shape index (κ2) is 11.8. The number of aromatic nitrogens is 4. The smallest absolute Gasteiger partial charge is 0.411 e. The molecule has 2 N–H and O–H groups in total. The topological polar surface area (TPSA) is 116 Å². The molecular formula is C38H48N6O4S. The fourth-order valence-electron chi connectivity index (χ4n) is 7.54. The Bertz CT molecular complexity index is 1890. The largest absolute Gasteiger partial charge is 0.444 e. The lowest BCUT2D eigenvalue weighted by molar-refractivity contribution is -0.00525. The SMILES string of the molecule is CC(C)C1(c2ncc(-c3ccc(-c4ccc5nc(C67CCCN(C(=O)OC(C)(C)C)C6S7)[nH]c5c4)cc3)[nH]2)CCCN1C(=O)OC(C)(C)C. The number of fused-ring (bicyclic) bond motifs is 2. The van der Waals surface area contributed by atoms with Gasteiger partial charge < -0.3 is 19.4 Å². The van der Waals surface area contributed by atoms with Crippen molar-refractivity contribution in [2.45, 2.75) is 108 Å². The number of hydrogen-bond acceptors (Lipinski definition) is 7. The van der Waals surface area contributed by atoms with Crippen LogP contribution in [0.15, 0.2) is 48.7 Å². The van der Waals surface area contributed by atoms with Crippen LogP contribution in [-0.4, -0.2) is 71.6 Å². The highest BCUT2D eigenvalue weighted by Gasteiger charge is 2.65. The molecule has 3 unspecified atom stereocenters. The zero-order chi connectivity index (χ0) is 34.9. The second-order valence-electron chi connectivity index (χ2n) is 16.0. The number of piperidine rings is 1. The van der Waals surface area contributed by atoms with Gasteiger partial charge in [-0.1, -0.05) is 44.2 Å². The molecule has 11 heteroatoms. The second-order valence-corrected chi connectivity index (χ2v) is 17.4. The minimum atomic E-state index is -0.567. The first-order chi connectivity index (χ1) is 23.1. The van der Waals surface area contributed by atoms with Crippen molar-refractivity contribution in [3.8, 4) is 22.4 Å². The summed E-state index contributed by atoms with van der Waals surface area (Å²) < 4.78 is 11.3. The van der Waals surface area contributed by atoms with E-state index in [1.54, 1.807) is 11.8 Å². The number of benzene rings is 2. The number of likely N-dealkylation sites (tertiary alicyclic amines) is 2. The summed E-state index contributed by atoms with van der Waals surface area (Å²) >= 11 is 1.79. The molecule has 3 saturated heterocycles. The van der Waals surface area contributed by atoms with Gasteiger partial charge in [0.15, 0.2) is 0 Å². The summed E-state index contributed by atoms with van der Waals surface area (Å²) in [5, 5.41) is 0.0381. The molecule has 0 saturated carbocycles. The van der Waals surface area contributed by atoms with Gasteiger partial charge in [0.05, 0.1) is 22.9 Å². The Hall–Kier alpha value is -3.99. The summed E-state index contributed by atoms with van der Waals surface area (Å²) in [6.45, 7) is 17.1. The van der Waals surface area contributed by atoms with Crippen molar-refractivity contribution in [2.75, 3.05) is 13.1 Å². The molecule has 2 aromatic carbocycles. The number of aromatic amines is 2. The molecule has 260 valence electrons. The van der Waals surface area contributed by atoms with E-state index in [1.807, 2.05) is 57.5 Å². The fraction of sp³-hybridized carbons (Fsp3) is 0.526. The van der Waals surface area contributed by atoms with E-state index in [2.05, 4.69) is 66.3 Å². The summed E-state index contributed by atoms with van der Waals surface area (Å²) in [5.74, 6) is 1.88. The third kappa shape index (κ3) is 6.08. The van der Waals surface area contributed by atoms with Gasteiger partial charge >= 0.3 is 12.2 Å². The molecule has 0 radical (unpaired) electrons. The zero-order valence-electron chi connectivity index (χ0n) is 29.8. The van der Waals surface area contributed by atoms with Gasteiger partial charge in [0.2, 0.25) is 0 Å². The summed E-state index contributed by atoms with van der Waals surface area (Å²) in [6, 6.07) is 14.8. The van der Waals surface area contributed by atoms with Crippen molar-refractivity contribution in [3.63, 3.8) is 0 Å². The van der Waals surface area contributed by atoms with Gasteiger partial charge in [-0.3, -0.25) is 9.80 Å². The Labute approximate surface area is 292 Å². The Morgan fingerprint density at radius 3 is 2.20 bits per heavy atom. The van der Waals surface area contributed by atoms with Crippen LogP contribution in [0.4, 0.5) is 9.59 Å². The number of carbonyl (C=O) groups is 2. The Morgan fingerprint density at radius 2 is 1.51 bits per heavy atom. The molecule has 49 heavy (non-hydrogen) atoms. The van der Waals surface area contributed by atoms with Crippen LogP contribution in [0.3, 0.4) is 0 Å². The number of ether oxygens (including phenoxy) is 2. The summed E-state index contributed by atoms with van der Waals surface area (Å²) in [6.07, 6.45) is 4.94. The first-order valence-electron chi connectivity index (χ1n) is 17.4. The highest BCUT2D eigenvalue weighted by molar-refractivity contribution is 8.08. The number of amides is 2. The van der Waals surface area contributed by atoms with Gasteiger partial charge in [-0.15, -0.1) is 11.8 Å². The lowest BCUT2D eigenvalue weighted by Gasteiger charge is -2.40. The van der Waals surface area contributed by atoms with Crippen molar-refractivity contribution in [2.24, 2.45) is 5.92 Å². The average molecular weight is 685 g/mol. The molecule has 0 bridgehead atoms. The quantitative estimate of drug-likeness (QED) is 0.202. The van der Waals surface area contributed by atoms with Crippen molar-refractivity contribution in [1.29, 1.82) is 0 Å². The molecule has 2 aromatic heterocycles. The lowest BCUT2D eigenvalue weighted by Crippen LogP contribution is -2.50. The predicted molar refractivity (Wildman–Crippen MR) is 193 cm³/mol. The van der Waals surface area contributed by atoms with Crippen molar-refractivity contribution >= 4 is 35.0 Å². The molecule has 7 rings (SSSR count). The Balaban J connectivity index is 1.09. The van der Waals surface area contributed by atoms with Crippen LogP contribution in [-0.2, 0) is 19.8 Å². The molecule has 3 atom stereocenters. The van der Waals surface area contributed by atoms with Crippen LogP contribution in [0, 0.1) is 5.92 Å². The number of hydrogen-bond donors (Lipinski definition) is 2. The maximum atomic E-state index is 13.3. The number of H-pyrrole nitrogens is 2. The van der Waals surface area contributed by atoms with Crippen LogP contribution in [0.2, 0.25) is 0 Å². The van der Waals surface area contributed by atoms with Gasteiger partial charge in [0, 0.05) is 13.1 Å². The van der Waals surface area contributed by atoms with E-state index < -0.39 is 16.7 Å². The molecule has 0 spiro atoms. The minimum Gasteiger partial charge on any atom is -0.444 e. The summed E-state index contributed by atoms with van der Waals surface area (Å²) in [5.41, 5.74) is 4.38. The monoisotopic (exact) mass is 684 g/mol. The highest BCUT2D eigenvalue weighted by Crippen LogP contribution is 2.66. The van der Waals surface area contributed by atoms with Gasteiger partial charge in [-0.05, 0) is 102 Å². The number of thioether (sulfide) groups is 1. The van der Waals surface area contributed by atoms with Crippen LogP contribution in [0.5, 0.6) is 0 Å². The van der Waals surface area contributed by atoms with E-state index in [9.17, 15) is 9.59 Å². The number of rotatable bonds is 5. The summed E-state index contributed by atoms with van der Waals surface area (Å²) in [7, 11) is 0. The van der Waals surface area contributed by atoms with E-state index in [-0.39, 0.29) is 28.2 Å². The molecule has 10 nitrogen and oxygen atoms in total.